The summed E-state index contributed by atoms with van der Waals surface area (Å²) >= 11 is 0. The fourth-order valence-electron chi connectivity index (χ4n) is 2.86. The first-order valence-corrected chi connectivity index (χ1v) is 6.90. The van der Waals surface area contributed by atoms with Crippen molar-refractivity contribution in [2.45, 2.75) is 25.7 Å². The third kappa shape index (κ3) is 3.22. The van der Waals surface area contributed by atoms with Gasteiger partial charge in [-0.3, -0.25) is 9.59 Å². The van der Waals surface area contributed by atoms with Gasteiger partial charge in [0.1, 0.15) is 0 Å². The molecule has 0 radical (unpaired) electrons. The van der Waals surface area contributed by atoms with E-state index in [0.717, 1.165) is 45.4 Å². The first-order valence-electron chi connectivity index (χ1n) is 6.90. The van der Waals surface area contributed by atoms with E-state index in [1.165, 1.54) is 0 Å². The second-order valence-corrected chi connectivity index (χ2v) is 5.33. The Morgan fingerprint density at radius 3 is 2.56 bits per heavy atom. The quantitative estimate of drug-likeness (QED) is 0.742. The first-order chi connectivity index (χ1) is 8.70. The molecule has 0 aromatic heterocycles. The van der Waals surface area contributed by atoms with Crippen molar-refractivity contribution in [1.82, 2.24) is 15.5 Å². The van der Waals surface area contributed by atoms with E-state index in [4.69, 9.17) is 0 Å². The zero-order valence-corrected chi connectivity index (χ0v) is 11.1. The van der Waals surface area contributed by atoms with Gasteiger partial charge in [0.15, 0.2) is 0 Å². The molecule has 2 amide bonds. The summed E-state index contributed by atoms with van der Waals surface area (Å²) < 4.78 is 0. The van der Waals surface area contributed by atoms with Crippen molar-refractivity contribution in [3.05, 3.63) is 0 Å². The highest BCUT2D eigenvalue weighted by Gasteiger charge is 2.28. The Morgan fingerprint density at radius 2 is 2.00 bits per heavy atom. The molecule has 2 aliphatic rings. The van der Waals surface area contributed by atoms with Gasteiger partial charge >= 0.3 is 0 Å². The van der Waals surface area contributed by atoms with Crippen LogP contribution in [0.15, 0.2) is 0 Å². The van der Waals surface area contributed by atoms with Gasteiger partial charge in [0.05, 0.1) is 0 Å². The maximum Gasteiger partial charge on any atom is 0.222 e. The molecule has 2 rings (SSSR count). The molecule has 0 aliphatic carbocycles. The summed E-state index contributed by atoms with van der Waals surface area (Å²) in [7, 11) is 1.67. The molecule has 5 heteroatoms. The summed E-state index contributed by atoms with van der Waals surface area (Å²) in [5.74, 6) is 0.975. The lowest BCUT2D eigenvalue weighted by Crippen LogP contribution is -2.42. The van der Waals surface area contributed by atoms with Gasteiger partial charge in [0.25, 0.3) is 0 Å². The van der Waals surface area contributed by atoms with Crippen molar-refractivity contribution in [3.8, 4) is 0 Å². The van der Waals surface area contributed by atoms with Crippen molar-refractivity contribution in [1.29, 1.82) is 0 Å². The molecule has 2 heterocycles. The lowest BCUT2D eigenvalue weighted by Gasteiger charge is -2.31. The van der Waals surface area contributed by atoms with E-state index in [2.05, 4.69) is 10.6 Å². The average molecular weight is 253 g/mol. The minimum Gasteiger partial charge on any atom is -0.359 e. The normalized spacial score (nSPS) is 25.2. The molecule has 2 fully saturated rings. The number of nitrogens with one attached hydrogen (secondary N) is 2. The molecule has 2 N–H and O–H groups in total. The van der Waals surface area contributed by atoms with Crippen LogP contribution in [0.4, 0.5) is 0 Å². The third-order valence-corrected chi connectivity index (χ3v) is 4.09. The Labute approximate surface area is 108 Å². The molecule has 102 valence electrons. The van der Waals surface area contributed by atoms with Gasteiger partial charge in [-0.25, -0.2) is 0 Å². The number of likely N-dealkylation sites (tertiary alicyclic amines) is 1. The molecule has 0 bridgehead atoms. The Bertz CT molecular complexity index is 305. The van der Waals surface area contributed by atoms with Gasteiger partial charge in [0.2, 0.25) is 11.8 Å². The number of nitrogens with zero attached hydrogens (tertiary/aromatic N) is 1. The number of carbonyl (C=O) groups is 2. The van der Waals surface area contributed by atoms with Crippen LogP contribution in [0.1, 0.15) is 25.7 Å². The van der Waals surface area contributed by atoms with Crippen LogP contribution < -0.4 is 10.6 Å². The highest BCUT2D eigenvalue weighted by atomic mass is 16.2. The Kier molecular flexibility index (Phi) is 4.58. The van der Waals surface area contributed by atoms with Crippen molar-refractivity contribution < 1.29 is 9.59 Å². The minimum absolute atomic E-state index is 0.0900. The van der Waals surface area contributed by atoms with Crippen LogP contribution in [-0.4, -0.2) is 49.9 Å². The van der Waals surface area contributed by atoms with Crippen LogP contribution in [0.2, 0.25) is 0 Å². The van der Waals surface area contributed by atoms with Crippen LogP contribution in [0.3, 0.4) is 0 Å². The molecule has 5 nitrogen and oxygen atoms in total. The van der Waals surface area contributed by atoms with Crippen molar-refractivity contribution in [2.24, 2.45) is 11.8 Å². The molecule has 1 unspecified atom stereocenters. The van der Waals surface area contributed by atoms with Gasteiger partial charge in [-0.1, -0.05) is 0 Å². The number of hydrogen-bond donors (Lipinski definition) is 2. The summed E-state index contributed by atoms with van der Waals surface area (Å²) in [6.45, 7) is 3.48. The number of rotatable bonds is 3. The zero-order valence-electron chi connectivity index (χ0n) is 11.1. The SMILES string of the molecule is CNC(=O)C1CCN(C(=O)CC2CCNC2)CC1. The van der Waals surface area contributed by atoms with Gasteiger partial charge in [-0.15, -0.1) is 0 Å². The Hall–Kier alpha value is -1.10. The monoisotopic (exact) mass is 253 g/mol. The van der Waals surface area contributed by atoms with Crippen LogP contribution in [-0.2, 0) is 9.59 Å². The highest BCUT2D eigenvalue weighted by Crippen LogP contribution is 2.20. The minimum atomic E-state index is 0.0900. The third-order valence-electron chi connectivity index (χ3n) is 4.09. The van der Waals surface area contributed by atoms with Gasteiger partial charge in [-0.05, 0) is 38.3 Å². The summed E-state index contributed by atoms with van der Waals surface area (Å²) in [4.78, 5) is 25.5. The summed E-state index contributed by atoms with van der Waals surface area (Å²) in [6, 6.07) is 0. The molecular weight excluding hydrogens is 230 g/mol. The van der Waals surface area contributed by atoms with E-state index in [9.17, 15) is 9.59 Å². The summed E-state index contributed by atoms with van der Waals surface area (Å²) in [5, 5.41) is 5.97. The fraction of sp³-hybridized carbons (Fsp3) is 0.846. The zero-order chi connectivity index (χ0) is 13.0. The largest absolute Gasteiger partial charge is 0.359 e. The molecule has 18 heavy (non-hydrogen) atoms. The van der Waals surface area contributed by atoms with E-state index in [-0.39, 0.29) is 17.7 Å². The number of piperidine rings is 1. The van der Waals surface area contributed by atoms with E-state index in [1.54, 1.807) is 7.05 Å². The Balaban J connectivity index is 1.74. The van der Waals surface area contributed by atoms with Crippen LogP contribution >= 0.6 is 0 Å². The number of amides is 2. The lowest BCUT2D eigenvalue weighted by atomic mass is 9.95. The maximum atomic E-state index is 12.1. The first kappa shape index (κ1) is 13.3. The van der Waals surface area contributed by atoms with Crippen molar-refractivity contribution >= 4 is 11.8 Å². The molecular formula is C13H23N3O2. The predicted molar refractivity (Wildman–Crippen MR) is 69.0 cm³/mol. The Morgan fingerprint density at radius 1 is 1.28 bits per heavy atom. The lowest BCUT2D eigenvalue weighted by molar-refractivity contribution is -0.136. The molecule has 1 atom stereocenters. The number of carbonyl (C=O) groups excluding carboxylic acids is 2. The molecule has 0 spiro atoms. The summed E-state index contributed by atoms with van der Waals surface area (Å²) in [5.41, 5.74) is 0. The van der Waals surface area contributed by atoms with Crippen LogP contribution in [0, 0.1) is 11.8 Å². The molecule has 2 saturated heterocycles. The van der Waals surface area contributed by atoms with Crippen LogP contribution in [0.5, 0.6) is 0 Å². The smallest absolute Gasteiger partial charge is 0.222 e. The van der Waals surface area contributed by atoms with E-state index >= 15 is 0 Å². The molecule has 2 aliphatic heterocycles. The van der Waals surface area contributed by atoms with E-state index in [0.29, 0.717) is 12.3 Å². The molecule has 0 aromatic rings. The van der Waals surface area contributed by atoms with Crippen LogP contribution in [0.25, 0.3) is 0 Å². The highest BCUT2D eigenvalue weighted by molar-refractivity contribution is 5.80. The van der Waals surface area contributed by atoms with Crippen molar-refractivity contribution in [3.63, 3.8) is 0 Å². The standard InChI is InChI=1S/C13H23N3O2/c1-14-13(18)11-3-6-16(7-4-11)12(17)8-10-2-5-15-9-10/h10-11,15H,2-9H2,1H3,(H,14,18). The van der Waals surface area contributed by atoms with Gasteiger partial charge in [-0.2, -0.15) is 0 Å². The second-order valence-electron chi connectivity index (χ2n) is 5.33. The maximum absolute atomic E-state index is 12.1. The fourth-order valence-corrected chi connectivity index (χ4v) is 2.86. The van der Waals surface area contributed by atoms with Gasteiger partial charge < -0.3 is 15.5 Å². The second kappa shape index (κ2) is 6.18. The van der Waals surface area contributed by atoms with Crippen molar-refractivity contribution in [2.75, 3.05) is 33.2 Å². The summed E-state index contributed by atoms with van der Waals surface area (Å²) in [6.07, 6.45) is 3.38. The number of hydrogen-bond acceptors (Lipinski definition) is 3. The predicted octanol–water partition coefficient (Wildman–Crippen LogP) is -0.0294. The van der Waals surface area contributed by atoms with Gasteiger partial charge in [0, 0.05) is 32.5 Å². The average Bonchev–Trinajstić information content (AvgIpc) is 2.91. The molecule has 0 saturated carbocycles. The van der Waals surface area contributed by atoms with E-state index < -0.39 is 0 Å². The topological polar surface area (TPSA) is 61.4 Å². The molecule has 0 aromatic carbocycles. The van der Waals surface area contributed by atoms with E-state index in [1.807, 2.05) is 4.90 Å².